The van der Waals surface area contributed by atoms with E-state index in [-0.39, 0.29) is 6.71 Å². The maximum absolute atomic E-state index is 10.4. The molecule has 1 unspecified atom stereocenters. The maximum Gasteiger partial charge on any atom is 0.264 e. The highest BCUT2D eigenvalue weighted by atomic mass is 32.1. The van der Waals surface area contributed by atoms with E-state index in [4.69, 9.17) is 0 Å². The number of aryl methyl sites for hydroxylation is 4. The van der Waals surface area contributed by atoms with Crippen LogP contribution >= 0.6 is 11.3 Å². The summed E-state index contributed by atoms with van der Waals surface area (Å²) >= 11 is 1.97. The van der Waals surface area contributed by atoms with Gasteiger partial charge in [-0.25, -0.2) is 0 Å². The minimum atomic E-state index is -0.635. The molecule has 1 aliphatic carbocycles. The Hall–Kier alpha value is -8.11. The highest BCUT2D eigenvalue weighted by Gasteiger charge is 2.52. The predicted molar refractivity (Wildman–Crippen MR) is 285 cm³/mol. The largest absolute Gasteiger partial charge is 0.311 e. The molecule has 15 rings (SSSR count). The standard InChI is InChI=1S/C62H41BN4S/c1-35-13-11-15-40(27-35)65-54-28-36(2)23-26-50(54)63-58-55(65)29-37(3)30-56(58)66(51-21-9-5-14-38(51)4)60-45-32-44-41-16-6-8-19-46(41)62(49(44)33-57(45)68-61(60)63)47-25-24-39(34-64)31-53(47)67-52-22-10-7-17-42(52)43-18-12-20-48(62)59(43)67/h5-33H,1-4H3. The zero-order chi connectivity index (χ0) is 45.3. The summed E-state index contributed by atoms with van der Waals surface area (Å²) < 4.78 is 5.07. The number of nitrogens with zero attached hydrogens (tertiary/aromatic N) is 4. The summed E-state index contributed by atoms with van der Waals surface area (Å²) in [6.45, 7) is 8.94. The zero-order valence-electron chi connectivity index (χ0n) is 38.0. The Bertz CT molecular complexity index is 4150. The Morgan fingerprint density at radius 1 is 0.515 bits per heavy atom. The summed E-state index contributed by atoms with van der Waals surface area (Å²) in [4.78, 5) is 5.14. The lowest BCUT2D eigenvalue weighted by atomic mass is 9.36. The fourth-order valence-corrected chi connectivity index (χ4v) is 14.3. The number of nitriles is 1. The van der Waals surface area contributed by atoms with Crippen molar-refractivity contribution >= 4 is 99.8 Å². The maximum atomic E-state index is 10.4. The molecule has 3 aliphatic heterocycles. The van der Waals surface area contributed by atoms with Gasteiger partial charge in [-0.2, -0.15) is 5.26 Å². The van der Waals surface area contributed by atoms with Gasteiger partial charge < -0.3 is 14.4 Å². The average Bonchev–Trinajstić information content (AvgIpc) is 3.99. The van der Waals surface area contributed by atoms with Gasteiger partial charge in [0.05, 0.1) is 39.5 Å². The van der Waals surface area contributed by atoms with E-state index in [1.54, 1.807) is 0 Å². The normalized spacial score (nSPS) is 15.6. The van der Waals surface area contributed by atoms with Crippen molar-refractivity contribution in [1.29, 1.82) is 5.26 Å². The predicted octanol–water partition coefficient (Wildman–Crippen LogP) is 13.9. The first-order chi connectivity index (χ1) is 33.3. The van der Waals surface area contributed by atoms with Gasteiger partial charge in [0.1, 0.15) is 0 Å². The van der Waals surface area contributed by atoms with Crippen LogP contribution in [-0.2, 0) is 5.41 Å². The number of thiophene rings is 1. The number of anilines is 6. The highest BCUT2D eigenvalue weighted by Crippen LogP contribution is 2.62. The molecule has 68 heavy (non-hydrogen) atoms. The summed E-state index contributed by atoms with van der Waals surface area (Å²) in [7, 11) is 0. The second kappa shape index (κ2) is 13.3. The quantitative estimate of drug-likeness (QED) is 0.162. The molecule has 0 saturated heterocycles. The number of benzene rings is 9. The molecular weight excluding hydrogens is 844 g/mol. The van der Waals surface area contributed by atoms with Crippen LogP contribution < -0.4 is 25.5 Å². The molecule has 5 heterocycles. The number of para-hydroxylation sites is 3. The SMILES string of the molecule is Cc1cccc(N2c3cc(C)ccc3B3c4sc5cc6c(cc5c4N(c4ccccc4C)c4cc(C)cc2c43)-c2ccccc2C62c3ccc(C#N)cc3-n3c4ccccc4c4cccc2c43)c1. The lowest BCUT2D eigenvalue weighted by molar-refractivity contribution is 0.749. The second-order valence-corrected chi connectivity index (χ2v) is 20.5. The van der Waals surface area contributed by atoms with E-state index in [0.717, 1.165) is 11.2 Å². The van der Waals surface area contributed by atoms with Crippen molar-refractivity contribution < 1.29 is 0 Å². The monoisotopic (exact) mass is 884 g/mol. The topological polar surface area (TPSA) is 35.2 Å². The third-order valence-corrected chi connectivity index (χ3v) is 16.8. The molecular formula is C62H41BN4S. The van der Waals surface area contributed by atoms with Gasteiger partial charge in [0.15, 0.2) is 0 Å². The van der Waals surface area contributed by atoms with E-state index in [1.807, 2.05) is 17.4 Å². The van der Waals surface area contributed by atoms with Crippen LogP contribution in [0.2, 0.25) is 0 Å². The van der Waals surface area contributed by atoms with Crippen molar-refractivity contribution in [2.75, 3.05) is 9.80 Å². The number of aromatic nitrogens is 1. The molecule has 6 heteroatoms. The molecule has 0 radical (unpaired) electrons. The minimum absolute atomic E-state index is 0.0188. The molecule has 11 aromatic rings. The third kappa shape index (κ3) is 4.64. The van der Waals surface area contributed by atoms with Gasteiger partial charge in [0, 0.05) is 54.1 Å². The first kappa shape index (κ1) is 38.0. The molecule has 0 N–H and O–H groups in total. The van der Waals surface area contributed by atoms with Gasteiger partial charge in [0.2, 0.25) is 0 Å². The summed E-state index contributed by atoms with van der Waals surface area (Å²) in [6, 6.07) is 68.6. The highest BCUT2D eigenvalue weighted by molar-refractivity contribution is 7.33. The van der Waals surface area contributed by atoms with Crippen molar-refractivity contribution in [2.45, 2.75) is 33.1 Å². The Kier molecular flexibility index (Phi) is 7.43. The number of hydrogen-bond acceptors (Lipinski definition) is 4. The average molecular weight is 885 g/mol. The zero-order valence-corrected chi connectivity index (χ0v) is 38.8. The van der Waals surface area contributed by atoms with E-state index in [9.17, 15) is 5.26 Å². The van der Waals surface area contributed by atoms with E-state index in [2.05, 4.69) is 218 Å². The van der Waals surface area contributed by atoms with Crippen LogP contribution in [-0.4, -0.2) is 11.3 Å². The van der Waals surface area contributed by atoms with E-state index >= 15 is 0 Å². The fraction of sp³-hybridized carbons (Fsp3) is 0.0806. The Labute approximate surface area is 399 Å². The summed E-state index contributed by atoms with van der Waals surface area (Å²) in [5.74, 6) is 0. The van der Waals surface area contributed by atoms with Crippen LogP contribution in [0.15, 0.2) is 176 Å². The van der Waals surface area contributed by atoms with Gasteiger partial charge in [-0.3, -0.25) is 0 Å². The van der Waals surface area contributed by atoms with Crippen LogP contribution in [0.1, 0.15) is 50.1 Å². The Morgan fingerprint density at radius 3 is 2.13 bits per heavy atom. The summed E-state index contributed by atoms with van der Waals surface area (Å²) in [5.41, 5.74) is 26.0. The van der Waals surface area contributed by atoms with Crippen LogP contribution in [0.3, 0.4) is 0 Å². The van der Waals surface area contributed by atoms with Gasteiger partial charge in [-0.05, 0) is 161 Å². The van der Waals surface area contributed by atoms with Crippen molar-refractivity contribution in [1.82, 2.24) is 4.57 Å². The molecule has 4 aliphatic rings. The fourth-order valence-electron chi connectivity index (χ4n) is 13.0. The minimum Gasteiger partial charge on any atom is -0.311 e. The summed E-state index contributed by atoms with van der Waals surface area (Å²) in [5, 5.41) is 14.1. The first-order valence-electron chi connectivity index (χ1n) is 23.6. The molecule has 2 aromatic heterocycles. The number of fused-ring (bicyclic) bond motifs is 18. The van der Waals surface area contributed by atoms with Crippen LogP contribution in [0.25, 0.3) is 48.7 Å². The van der Waals surface area contributed by atoms with E-state index < -0.39 is 5.41 Å². The van der Waals surface area contributed by atoms with Gasteiger partial charge in [-0.15, -0.1) is 11.3 Å². The lowest BCUT2D eigenvalue weighted by Gasteiger charge is -2.43. The lowest BCUT2D eigenvalue weighted by Crippen LogP contribution is -2.60. The number of hydrogen-bond donors (Lipinski definition) is 0. The third-order valence-electron chi connectivity index (χ3n) is 15.6. The van der Waals surface area contributed by atoms with Crippen molar-refractivity contribution in [3.8, 4) is 22.9 Å². The molecule has 318 valence electrons. The van der Waals surface area contributed by atoms with E-state index in [0.29, 0.717) is 5.56 Å². The van der Waals surface area contributed by atoms with Gasteiger partial charge >= 0.3 is 0 Å². The molecule has 1 spiro atoms. The second-order valence-electron chi connectivity index (χ2n) is 19.4. The first-order valence-corrected chi connectivity index (χ1v) is 24.4. The van der Waals surface area contributed by atoms with E-state index in [1.165, 1.54) is 132 Å². The Morgan fingerprint density at radius 2 is 1.26 bits per heavy atom. The van der Waals surface area contributed by atoms with Crippen molar-refractivity contribution in [3.63, 3.8) is 0 Å². The molecule has 0 fully saturated rings. The smallest absolute Gasteiger partial charge is 0.264 e. The van der Waals surface area contributed by atoms with Crippen LogP contribution in [0.4, 0.5) is 34.1 Å². The molecule has 1 atom stereocenters. The molecule has 0 amide bonds. The van der Waals surface area contributed by atoms with Crippen LogP contribution in [0.5, 0.6) is 0 Å². The number of rotatable bonds is 2. The molecule has 0 bridgehead atoms. The molecule has 0 saturated carbocycles. The van der Waals surface area contributed by atoms with Crippen molar-refractivity contribution in [2.24, 2.45) is 0 Å². The van der Waals surface area contributed by atoms with Crippen LogP contribution in [0, 0.1) is 39.0 Å². The van der Waals surface area contributed by atoms with Crippen molar-refractivity contribution in [3.05, 3.63) is 226 Å². The van der Waals surface area contributed by atoms with Gasteiger partial charge in [0.25, 0.3) is 6.71 Å². The van der Waals surface area contributed by atoms with Gasteiger partial charge in [-0.1, -0.05) is 109 Å². The Balaban J connectivity index is 1.08. The molecule has 4 nitrogen and oxygen atoms in total. The summed E-state index contributed by atoms with van der Waals surface area (Å²) in [6.07, 6.45) is 0. The molecule has 9 aromatic carbocycles.